The van der Waals surface area contributed by atoms with Gasteiger partial charge >= 0.3 is 0 Å². The summed E-state index contributed by atoms with van der Waals surface area (Å²) in [7, 11) is 1.49. The zero-order valence-electron chi connectivity index (χ0n) is 14.7. The average Bonchev–Trinajstić information content (AvgIpc) is 2.81. The predicted molar refractivity (Wildman–Crippen MR) is 102 cm³/mol. The summed E-state index contributed by atoms with van der Waals surface area (Å²) in [5.74, 6) is -0.261. The molecule has 4 nitrogen and oxygen atoms in total. The lowest BCUT2D eigenvalue weighted by molar-refractivity contribution is -0.121. The molecule has 1 aromatic heterocycles. The van der Waals surface area contributed by atoms with Crippen molar-refractivity contribution in [1.29, 1.82) is 0 Å². The van der Waals surface area contributed by atoms with Crippen LogP contribution in [0.25, 0.3) is 17.3 Å². The molecular formula is C20H20N2O2S. The van der Waals surface area contributed by atoms with E-state index in [1.807, 2.05) is 12.1 Å². The Kier molecular flexibility index (Phi) is 4.52. The van der Waals surface area contributed by atoms with E-state index >= 15 is 0 Å². The van der Waals surface area contributed by atoms with Crippen molar-refractivity contribution in [2.24, 2.45) is 0 Å². The van der Waals surface area contributed by atoms with Gasteiger partial charge in [-0.15, -0.1) is 0 Å². The fraction of sp³-hybridized carbons (Fsp3) is 0.250. The second-order valence-corrected chi connectivity index (χ2v) is 8.04. The number of carbonyl (C=O) groups excluding carboxylic acids is 2. The van der Waals surface area contributed by atoms with Crippen LogP contribution in [0, 0.1) is 0 Å². The molecule has 1 aromatic carbocycles. The van der Waals surface area contributed by atoms with E-state index in [1.54, 1.807) is 12.3 Å². The van der Waals surface area contributed by atoms with Gasteiger partial charge in [0.05, 0.1) is 10.6 Å². The Morgan fingerprint density at radius 2 is 1.76 bits per heavy atom. The minimum Gasteiger partial charge on any atom is -0.272 e. The second kappa shape index (κ2) is 6.48. The molecule has 0 N–H and O–H groups in total. The number of imide groups is 1. The average molecular weight is 352 g/mol. The Hall–Kier alpha value is -2.40. The van der Waals surface area contributed by atoms with Crippen LogP contribution >= 0.6 is 11.8 Å². The fourth-order valence-corrected chi connectivity index (χ4v) is 3.36. The molecule has 0 saturated carbocycles. The largest absolute Gasteiger partial charge is 0.293 e. The third-order valence-corrected chi connectivity index (χ3v) is 5.08. The highest BCUT2D eigenvalue weighted by Crippen LogP contribution is 2.31. The number of amides is 2. The Morgan fingerprint density at radius 3 is 2.32 bits per heavy atom. The lowest BCUT2D eigenvalue weighted by Gasteiger charge is -2.19. The molecule has 0 aliphatic carbocycles. The zero-order valence-corrected chi connectivity index (χ0v) is 15.6. The lowest BCUT2D eigenvalue weighted by atomic mass is 9.86. The first-order chi connectivity index (χ1) is 11.8. The third kappa shape index (κ3) is 3.66. The molecule has 128 valence electrons. The number of likely N-dealkylation sites (N-methyl/N-ethyl adjacent to an activating group) is 1. The van der Waals surface area contributed by atoms with Crippen LogP contribution in [0.15, 0.2) is 47.5 Å². The first-order valence-corrected chi connectivity index (χ1v) is 8.86. The second-order valence-electron chi connectivity index (χ2n) is 7.04. The van der Waals surface area contributed by atoms with Gasteiger partial charge in [0, 0.05) is 18.8 Å². The van der Waals surface area contributed by atoms with Gasteiger partial charge in [-0.1, -0.05) is 45.0 Å². The normalized spacial score (nSPS) is 16.8. The van der Waals surface area contributed by atoms with Gasteiger partial charge in [-0.25, -0.2) is 0 Å². The molecule has 25 heavy (non-hydrogen) atoms. The highest BCUT2D eigenvalue weighted by molar-refractivity contribution is 8.18. The summed E-state index contributed by atoms with van der Waals surface area (Å²) < 4.78 is 0. The maximum atomic E-state index is 12.0. The van der Waals surface area contributed by atoms with Crippen molar-refractivity contribution in [3.8, 4) is 11.3 Å². The molecule has 0 spiro atoms. The first-order valence-electron chi connectivity index (χ1n) is 8.04. The minimum absolute atomic E-state index is 0.108. The molecular weight excluding hydrogens is 332 g/mol. The van der Waals surface area contributed by atoms with E-state index in [1.165, 1.54) is 12.6 Å². The molecule has 5 heteroatoms. The van der Waals surface area contributed by atoms with Crippen molar-refractivity contribution >= 4 is 29.0 Å². The zero-order chi connectivity index (χ0) is 18.2. The molecule has 1 fully saturated rings. The van der Waals surface area contributed by atoms with Crippen molar-refractivity contribution in [3.63, 3.8) is 0 Å². The number of benzene rings is 1. The standard InChI is InChI=1S/C20H20N2O2S/c1-20(2,3)15-7-5-14(6-8-15)16-11-13(9-10-21-16)12-17-18(23)22(4)19(24)25-17/h5-12H,1-4H3/b17-12-. The van der Waals surface area contributed by atoms with Crippen LogP contribution in [0.5, 0.6) is 0 Å². The number of hydrogen-bond donors (Lipinski definition) is 0. The fourth-order valence-electron chi connectivity index (χ4n) is 2.53. The summed E-state index contributed by atoms with van der Waals surface area (Å²) in [6, 6.07) is 12.1. The summed E-state index contributed by atoms with van der Waals surface area (Å²) >= 11 is 0.961. The topological polar surface area (TPSA) is 50.3 Å². The number of rotatable bonds is 2. The molecule has 0 bridgehead atoms. The number of carbonyl (C=O) groups is 2. The molecule has 2 amide bonds. The monoisotopic (exact) mass is 352 g/mol. The highest BCUT2D eigenvalue weighted by atomic mass is 32.2. The van der Waals surface area contributed by atoms with Gasteiger partial charge in [0.15, 0.2) is 0 Å². The van der Waals surface area contributed by atoms with E-state index in [0.717, 1.165) is 33.5 Å². The quantitative estimate of drug-likeness (QED) is 0.734. The number of hydrogen-bond acceptors (Lipinski definition) is 4. The molecule has 1 saturated heterocycles. The van der Waals surface area contributed by atoms with Crippen LogP contribution in [0.1, 0.15) is 31.9 Å². The predicted octanol–water partition coefficient (Wildman–Crippen LogP) is 4.71. The lowest BCUT2D eigenvalue weighted by Crippen LogP contribution is -2.22. The van der Waals surface area contributed by atoms with Crippen LogP contribution in [0.4, 0.5) is 4.79 Å². The van der Waals surface area contributed by atoms with E-state index in [4.69, 9.17) is 0 Å². The van der Waals surface area contributed by atoms with E-state index < -0.39 is 0 Å². The van der Waals surface area contributed by atoms with Crippen molar-refractivity contribution in [2.45, 2.75) is 26.2 Å². The van der Waals surface area contributed by atoms with Crippen LogP contribution in [-0.4, -0.2) is 28.1 Å². The number of pyridine rings is 1. The van der Waals surface area contributed by atoms with Gasteiger partial charge in [-0.3, -0.25) is 19.5 Å². The number of aromatic nitrogens is 1. The molecule has 1 aliphatic heterocycles. The smallest absolute Gasteiger partial charge is 0.272 e. The highest BCUT2D eigenvalue weighted by Gasteiger charge is 2.31. The summed E-state index contributed by atoms with van der Waals surface area (Å²) in [4.78, 5) is 29.6. The van der Waals surface area contributed by atoms with E-state index in [0.29, 0.717) is 4.91 Å². The molecule has 0 radical (unpaired) electrons. The molecule has 2 aromatic rings. The summed E-state index contributed by atoms with van der Waals surface area (Å²) in [6.07, 6.45) is 3.46. The van der Waals surface area contributed by atoms with E-state index in [-0.39, 0.29) is 16.6 Å². The minimum atomic E-state index is -0.261. The van der Waals surface area contributed by atoms with E-state index in [9.17, 15) is 9.59 Å². The van der Waals surface area contributed by atoms with Crippen molar-refractivity contribution in [3.05, 3.63) is 58.6 Å². The third-order valence-electron chi connectivity index (χ3n) is 4.11. The van der Waals surface area contributed by atoms with Gasteiger partial charge < -0.3 is 0 Å². The maximum absolute atomic E-state index is 12.0. The molecule has 1 aliphatic rings. The van der Waals surface area contributed by atoms with Gasteiger partial charge in [0.2, 0.25) is 0 Å². The molecule has 2 heterocycles. The van der Waals surface area contributed by atoms with Gasteiger partial charge in [0.1, 0.15) is 0 Å². The van der Waals surface area contributed by atoms with Gasteiger partial charge in [-0.2, -0.15) is 0 Å². The van der Waals surface area contributed by atoms with E-state index in [2.05, 4.69) is 50.0 Å². The van der Waals surface area contributed by atoms with Crippen molar-refractivity contribution in [2.75, 3.05) is 7.05 Å². The Bertz CT molecular complexity index is 864. The van der Waals surface area contributed by atoms with Crippen molar-refractivity contribution < 1.29 is 9.59 Å². The Morgan fingerprint density at radius 1 is 1.08 bits per heavy atom. The SMILES string of the molecule is CN1C(=O)S/C(=C\c2ccnc(-c3ccc(C(C)(C)C)cc3)c2)C1=O. The molecule has 0 unspecified atom stereocenters. The maximum Gasteiger partial charge on any atom is 0.293 e. The van der Waals surface area contributed by atoms with Gasteiger partial charge in [0.25, 0.3) is 11.1 Å². The van der Waals surface area contributed by atoms with Crippen LogP contribution in [0.3, 0.4) is 0 Å². The van der Waals surface area contributed by atoms with Crippen LogP contribution in [0.2, 0.25) is 0 Å². The number of nitrogens with zero attached hydrogens (tertiary/aromatic N) is 2. The first kappa shape index (κ1) is 17.4. The summed E-state index contributed by atoms with van der Waals surface area (Å²) in [5, 5.41) is -0.247. The summed E-state index contributed by atoms with van der Waals surface area (Å²) in [5.41, 5.74) is 4.08. The summed E-state index contributed by atoms with van der Waals surface area (Å²) in [6.45, 7) is 6.55. The Balaban J connectivity index is 1.90. The van der Waals surface area contributed by atoms with Crippen LogP contribution in [-0.2, 0) is 10.2 Å². The molecule has 3 rings (SSSR count). The van der Waals surface area contributed by atoms with Gasteiger partial charge in [-0.05, 0) is 46.5 Å². The van der Waals surface area contributed by atoms with Crippen LogP contribution < -0.4 is 0 Å². The number of thioether (sulfide) groups is 1. The van der Waals surface area contributed by atoms with Crippen molar-refractivity contribution in [1.82, 2.24) is 9.88 Å². The molecule has 0 atom stereocenters. The Labute approximate surface area is 152 Å².